The summed E-state index contributed by atoms with van der Waals surface area (Å²) in [7, 11) is 3.95. The lowest BCUT2D eigenvalue weighted by molar-refractivity contribution is -0.121. The van der Waals surface area contributed by atoms with Crippen LogP contribution in [0.3, 0.4) is 0 Å². The fourth-order valence-corrected chi connectivity index (χ4v) is 5.19. The van der Waals surface area contributed by atoms with E-state index in [0.717, 1.165) is 23.7 Å². The molecule has 1 N–H and O–H groups in total. The van der Waals surface area contributed by atoms with Crippen LogP contribution in [0.1, 0.15) is 37.7 Å². The van der Waals surface area contributed by atoms with E-state index in [4.69, 9.17) is 0 Å². The highest BCUT2D eigenvalue weighted by molar-refractivity contribution is 8.77. The van der Waals surface area contributed by atoms with Crippen molar-refractivity contribution < 1.29 is 9.18 Å². The van der Waals surface area contributed by atoms with E-state index in [1.165, 1.54) is 30.7 Å². The van der Waals surface area contributed by atoms with Crippen LogP contribution in [0.15, 0.2) is 24.3 Å². The predicted molar refractivity (Wildman–Crippen MR) is 85.2 cm³/mol. The van der Waals surface area contributed by atoms with Gasteiger partial charge in [0, 0.05) is 24.0 Å². The van der Waals surface area contributed by atoms with Gasteiger partial charge in [-0.1, -0.05) is 40.1 Å². The van der Waals surface area contributed by atoms with Crippen LogP contribution in [0.25, 0.3) is 0 Å². The molecular weight excluding hydrogens is 293 g/mol. The van der Waals surface area contributed by atoms with Crippen molar-refractivity contribution in [3.8, 4) is 0 Å². The molecule has 0 spiro atoms. The van der Waals surface area contributed by atoms with Crippen LogP contribution in [0.5, 0.6) is 0 Å². The Balaban J connectivity index is 1.56. The maximum atomic E-state index is 13.0. The third kappa shape index (κ3) is 5.75. The van der Waals surface area contributed by atoms with Gasteiger partial charge in [-0.05, 0) is 37.0 Å². The molecule has 110 valence electrons. The second-order valence-electron chi connectivity index (χ2n) is 4.98. The summed E-state index contributed by atoms with van der Waals surface area (Å²) in [5.41, 5.74) is 0.803. The van der Waals surface area contributed by atoms with Gasteiger partial charge in [0.25, 0.3) is 0 Å². The molecule has 1 unspecified atom stereocenters. The Hall–Kier alpha value is -0.680. The summed E-state index contributed by atoms with van der Waals surface area (Å²) in [5, 5.41) is 3.63. The highest BCUT2D eigenvalue weighted by atomic mass is 33.1. The summed E-state index contributed by atoms with van der Waals surface area (Å²) in [5.74, 6) is 1.06. The van der Waals surface area contributed by atoms with Crippen molar-refractivity contribution in [1.82, 2.24) is 5.32 Å². The Morgan fingerprint density at radius 1 is 1.40 bits per heavy atom. The molecular formula is C15H20FNOS2. The first-order valence-corrected chi connectivity index (χ1v) is 9.41. The molecule has 1 aliphatic rings. The van der Waals surface area contributed by atoms with Crippen LogP contribution in [0, 0.1) is 5.82 Å². The van der Waals surface area contributed by atoms with E-state index in [-0.39, 0.29) is 11.7 Å². The number of hydrogen-bond acceptors (Lipinski definition) is 3. The van der Waals surface area contributed by atoms with Crippen molar-refractivity contribution >= 4 is 27.5 Å². The second kappa shape index (κ2) is 8.57. The monoisotopic (exact) mass is 313 g/mol. The number of rotatable bonds is 7. The molecule has 1 fully saturated rings. The Kier molecular flexibility index (Phi) is 6.73. The summed E-state index contributed by atoms with van der Waals surface area (Å²) in [6.45, 7) is 0.408. The summed E-state index contributed by atoms with van der Waals surface area (Å²) in [4.78, 5) is 11.7. The molecule has 2 rings (SSSR count). The standard InChI is InChI=1S/C15H20FNOS2/c16-13-5-3-4-12(10-13)11-17-15(18)7-2-1-6-14-8-9-19-20-14/h3-5,10,14H,1-2,6-9,11H2,(H,17,18). The molecule has 1 saturated heterocycles. The molecule has 0 radical (unpaired) electrons. The van der Waals surface area contributed by atoms with Gasteiger partial charge in [0.1, 0.15) is 5.82 Å². The van der Waals surface area contributed by atoms with Crippen molar-refractivity contribution in [3.05, 3.63) is 35.6 Å². The molecule has 5 heteroatoms. The highest BCUT2D eigenvalue weighted by Gasteiger charge is 2.15. The van der Waals surface area contributed by atoms with Crippen molar-refractivity contribution in [2.24, 2.45) is 0 Å². The number of benzene rings is 1. The molecule has 0 saturated carbocycles. The van der Waals surface area contributed by atoms with Crippen molar-refractivity contribution in [3.63, 3.8) is 0 Å². The quantitative estimate of drug-likeness (QED) is 0.605. The summed E-state index contributed by atoms with van der Waals surface area (Å²) < 4.78 is 13.0. The van der Waals surface area contributed by atoms with Crippen LogP contribution in [0.2, 0.25) is 0 Å². The first-order valence-electron chi connectivity index (χ1n) is 7.03. The van der Waals surface area contributed by atoms with E-state index in [2.05, 4.69) is 5.32 Å². The van der Waals surface area contributed by atoms with Gasteiger partial charge in [0.15, 0.2) is 0 Å². The van der Waals surface area contributed by atoms with Crippen molar-refractivity contribution in [1.29, 1.82) is 0 Å². The fourth-order valence-electron chi connectivity index (χ4n) is 2.16. The van der Waals surface area contributed by atoms with Gasteiger partial charge >= 0.3 is 0 Å². The molecule has 1 aromatic carbocycles. The van der Waals surface area contributed by atoms with Gasteiger partial charge in [-0.3, -0.25) is 4.79 Å². The lowest BCUT2D eigenvalue weighted by Crippen LogP contribution is -2.22. The van der Waals surface area contributed by atoms with Crippen LogP contribution >= 0.6 is 21.6 Å². The zero-order valence-electron chi connectivity index (χ0n) is 11.4. The van der Waals surface area contributed by atoms with E-state index in [0.29, 0.717) is 13.0 Å². The minimum atomic E-state index is -0.260. The molecule has 1 aromatic rings. The van der Waals surface area contributed by atoms with Gasteiger partial charge < -0.3 is 5.32 Å². The van der Waals surface area contributed by atoms with Crippen LogP contribution in [-0.2, 0) is 11.3 Å². The lowest BCUT2D eigenvalue weighted by atomic mass is 10.1. The number of halogens is 1. The molecule has 0 aliphatic carbocycles. The number of nitrogens with one attached hydrogen (secondary N) is 1. The predicted octanol–water partition coefficient (Wildman–Crippen LogP) is 4.16. The summed E-state index contributed by atoms with van der Waals surface area (Å²) in [6, 6.07) is 6.34. The molecule has 0 bridgehead atoms. The normalized spacial score (nSPS) is 18.1. The van der Waals surface area contributed by atoms with E-state index in [1.54, 1.807) is 6.07 Å². The first kappa shape index (κ1) is 15.7. The molecule has 1 atom stereocenters. The zero-order chi connectivity index (χ0) is 14.2. The van der Waals surface area contributed by atoms with Gasteiger partial charge in [-0.25, -0.2) is 4.39 Å². The largest absolute Gasteiger partial charge is 0.352 e. The van der Waals surface area contributed by atoms with Crippen molar-refractivity contribution in [2.75, 3.05) is 5.75 Å². The van der Waals surface area contributed by atoms with E-state index < -0.39 is 0 Å². The Labute approximate surface area is 127 Å². The van der Waals surface area contributed by atoms with Gasteiger partial charge in [-0.15, -0.1) is 0 Å². The lowest BCUT2D eigenvalue weighted by Gasteiger charge is -2.07. The number of carbonyl (C=O) groups is 1. The topological polar surface area (TPSA) is 29.1 Å². The van der Waals surface area contributed by atoms with Crippen LogP contribution < -0.4 is 5.32 Å². The highest BCUT2D eigenvalue weighted by Crippen LogP contribution is 2.39. The SMILES string of the molecule is O=C(CCCCC1CCSS1)NCc1cccc(F)c1. The molecule has 1 heterocycles. The Bertz CT molecular complexity index is 436. The van der Waals surface area contributed by atoms with Gasteiger partial charge in [0.2, 0.25) is 5.91 Å². The third-order valence-corrected chi connectivity index (χ3v) is 6.29. The van der Waals surface area contributed by atoms with E-state index in [9.17, 15) is 9.18 Å². The number of carbonyl (C=O) groups excluding carboxylic acids is 1. The fraction of sp³-hybridized carbons (Fsp3) is 0.533. The average molecular weight is 313 g/mol. The maximum Gasteiger partial charge on any atom is 0.220 e. The summed E-state index contributed by atoms with van der Waals surface area (Å²) in [6.07, 6.45) is 5.15. The van der Waals surface area contributed by atoms with Crippen molar-refractivity contribution in [2.45, 2.75) is 43.9 Å². The summed E-state index contributed by atoms with van der Waals surface area (Å²) >= 11 is 0. The number of amides is 1. The van der Waals surface area contributed by atoms with Crippen LogP contribution in [-0.4, -0.2) is 16.9 Å². The molecule has 0 aromatic heterocycles. The molecule has 1 amide bonds. The van der Waals surface area contributed by atoms with Gasteiger partial charge in [0.05, 0.1) is 0 Å². The minimum absolute atomic E-state index is 0.0581. The van der Waals surface area contributed by atoms with Gasteiger partial charge in [-0.2, -0.15) is 0 Å². The average Bonchev–Trinajstić information content (AvgIpc) is 2.95. The Morgan fingerprint density at radius 2 is 2.30 bits per heavy atom. The van der Waals surface area contributed by atoms with E-state index in [1.807, 2.05) is 27.7 Å². The molecule has 20 heavy (non-hydrogen) atoms. The minimum Gasteiger partial charge on any atom is -0.352 e. The first-order chi connectivity index (χ1) is 9.74. The number of hydrogen-bond donors (Lipinski definition) is 1. The maximum absolute atomic E-state index is 13.0. The van der Waals surface area contributed by atoms with Crippen LogP contribution in [0.4, 0.5) is 4.39 Å². The van der Waals surface area contributed by atoms with E-state index >= 15 is 0 Å². The third-order valence-electron chi connectivity index (χ3n) is 3.29. The molecule has 1 aliphatic heterocycles. The Morgan fingerprint density at radius 3 is 3.05 bits per heavy atom. The smallest absolute Gasteiger partial charge is 0.220 e. The molecule has 2 nitrogen and oxygen atoms in total. The zero-order valence-corrected chi connectivity index (χ0v) is 13.1. The second-order valence-corrected chi connectivity index (χ2v) is 7.77. The number of unbranched alkanes of at least 4 members (excludes halogenated alkanes) is 1.